The Morgan fingerprint density at radius 1 is 1.08 bits per heavy atom. The minimum Gasteiger partial charge on any atom is -0.355 e. The fourth-order valence-electron chi connectivity index (χ4n) is 4.07. The van der Waals surface area contributed by atoms with Crippen LogP contribution in [0.3, 0.4) is 0 Å². The largest absolute Gasteiger partial charge is 0.355 e. The van der Waals surface area contributed by atoms with Crippen LogP contribution in [0.25, 0.3) is 22.2 Å². The molecule has 0 radical (unpaired) electrons. The van der Waals surface area contributed by atoms with Crippen LogP contribution in [-0.2, 0) is 20.0 Å². The highest BCUT2D eigenvalue weighted by molar-refractivity contribution is 7.96. The number of aromatic nitrogens is 3. The van der Waals surface area contributed by atoms with E-state index in [4.69, 9.17) is 10.1 Å². The maximum absolute atomic E-state index is 12.7. The molecule has 1 aliphatic heterocycles. The highest BCUT2D eigenvalue weighted by Crippen LogP contribution is 2.27. The number of nitrogens with two attached hydrogens (primary N) is 1. The Hall–Kier alpha value is -3.61. The molecule has 10 nitrogen and oxygen atoms in total. The van der Waals surface area contributed by atoms with E-state index >= 15 is 0 Å². The highest BCUT2D eigenvalue weighted by atomic mass is 32.2. The first-order valence-electron chi connectivity index (χ1n) is 11.6. The number of nitrogens with one attached hydrogen (secondary N) is 1. The highest BCUT2D eigenvalue weighted by Gasteiger charge is 2.28. The summed E-state index contributed by atoms with van der Waals surface area (Å²) < 4.78 is 51.3. The third-order valence-corrected chi connectivity index (χ3v) is 8.88. The molecule has 0 unspecified atom stereocenters. The van der Waals surface area contributed by atoms with Crippen molar-refractivity contribution < 1.29 is 16.8 Å². The topological polar surface area (TPSA) is 148 Å². The molecule has 0 saturated carbocycles. The number of sulfonamides is 2. The molecule has 0 spiro atoms. The Balaban J connectivity index is 1.58. The first-order valence-corrected chi connectivity index (χ1v) is 14.7. The molecule has 194 valence electrons. The number of anilines is 2. The predicted molar refractivity (Wildman–Crippen MR) is 147 cm³/mol. The van der Waals surface area contributed by atoms with Crippen molar-refractivity contribution in [1.82, 2.24) is 15.0 Å². The predicted octanol–water partition coefficient (Wildman–Crippen LogP) is 3.34. The second kappa shape index (κ2) is 10.8. The third-order valence-electron chi connectivity index (χ3n) is 6.05. The van der Waals surface area contributed by atoms with Gasteiger partial charge in [0.05, 0.1) is 39.3 Å². The quantitative estimate of drug-likeness (QED) is 0.413. The molecule has 3 N–H and O–H groups in total. The van der Waals surface area contributed by atoms with Gasteiger partial charge >= 0.3 is 0 Å². The van der Waals surface area contributed by atoms with Gasteiger partial charge in [-0.15, -0.1) is 0 Å². The number of nitrogens with zero attached hydrogens (tertiary/aromatic N) is 4. The lowest BCUT2D eigenvalue weighted by molar-refractivity contribution is 0.529. The Morgan fingerprint density at radius 2 is 1.84 bits per heavy atom. The lowest BCUT2D eigenvalue weighted by Crippen LogP contribution is -2.42. The number of rotatable bonds is 8. The average Bonchev–Trinajstić information content (AvgIpc) is 2.88. The minimum absolute atomic E-state index is 0.0395. The molecule has 3 aromatic rings. The molecular formula is C25H28N6O4S2. The number of hydrogen-bond acceptors (Lipinski definition) is 8. The summed E-state index contributed by atoms with van der Waals surface area (Å²) in [5, 5.41) is 4.76. The zero-order valence-corrected chi connectivity index (χ0v) is 21.9. The fraction of sp³-hybridized carbons (Fsp3) is 0.240. The van der Waals surface area contributed by atoms with E-state index in [-0.39, 0.29) is 4.91 Å². The van der Waals surface area contributed by atoms with Crippen molar-refractivity contribution >= 4 is 42.6 Å². The maximum Gasteiger partial charge on any atom is 0.261 e. The molecule has 0 bridgehead atoms. The standard InChI is InChI=1S/C25H28N6O4S2/c1-3-5-6-21(4-2)37(34,35)30-20-13-19(15-27-16-20)18-7-8-23-24(14-18)29-25(17-28-23)31-11-9-22(10-12-31)36(26,32)33/h3-8,13-17,22,30H,2,9-12H2,1H3,(H2,26,32,33)/b5-3-,21-6+. The molecule has 1 fully saturated rings. The van der Waals surface area contributed by atoms with Crippen LogP contribution in [0.15, 0.2) is 78.6 Å². The van der Waals surface area contributed by atoms with Gasteiger partial charge in [-0.3, -0.25) is 14.7 Å². The van der Waals surface area contributed by atoms with Gasteiger partial charge in [-0.25, -0.2) is 27.0 Å². The molecule has 1 aromatic carbocycles. The lowest BCUT2D eigenvalue weighted by Gasteiger charge is -2.31. The summed E-state index contributed by atoms with van der Waals surface area (Å²) in [5.41, 5.74) is 3.14. The zero-order valence-electron chi connectivity index (χ0n) is 20.3. The van der Waals surface area contributed by atoms with Crippen LogP contribution in [0.1, 0.15) is 19.8 Å². The van der Waals surface area contributed by atoms with Crippen LogP contribution in [-0.4, -0.2) is 50.1 Å². The van der Waals surface area contributed by atoms with Gasteiger partial charge in [0.1, 0.15) is 5.82 Å². The summed E-state index contributed by atoms with van der Waals surface area (Å²) in [6.45, 7) is 6.41. The van der Waals surface area contributed by atoms with Gasteiger partial charge in [0.15, 0.2) is 0 Å². The summed E-state index contributed by atoms with van der Waals surface area (Å²) in [7, 11) is -7.38. The average molecular weight is 541 g/mol. The molecule has 1 aliphatic rings. The van der Waals surface area contributed by atoms with Crippen molar-refractivity contribution in [3.8, 4) is 11.1 Å². The number of fused-ring (bicyclic) bond motifs is 1. The number of allylic oxidation sites excluding steroid dienone is 4. The molecule has 3 heterocycles. The van der Waals surface area contributed by atoms with E-state index in [1.54, 1.807) is 37.5 Å². The summed E-state index contributed by atoms with van der Waals surface area (Å²) in [5.74, 6) is 0.655. The van der Waals surface area contributed by atoms with Gasteiger partial charge in [0, 0.05) is 24.8 Å². The second-order valence-electron chi connectivity index (χ2n) is 8.57. The van der Waals surface area contributed by atoms with Crippen LogP contribution in [0, 0.1) is 0 Å². The monoisotopic (exact) mass is 540 g/mol. The third kappa shape index (κ3) is 6.21. The first-order chi connectivity index (χ1) is 17.6. The molecular weight excluding hydrogens is 512 g/mol. The van der Waals surface area contributed by atoms with Crippen molar-refractivity contribution in [2.45, 2.75) is 25.0 Å². The normalized spacial score (nSPS) is 15.8. The number of hydrogen-bond donors (Lipinski definition) is 2. The van der Waals surface area contributed by atoms with Crippen molar-refractivity contribution in [1.29, 1.82) is 0 Å². The lowest BCUT2D eigenvalue weighted by atomic mass is 10.1. The van der Waals surface area contributed by atoms with E-state index in [0.29, 0.717) is 54.0 Å². The molecule has 0 aliphatic carbocycles. The molecule has 1 saturated heterocycles. The van der Waals surface area contributed by atoms with E-state index in [1.165, 1.54) is 18.3 Å². The number of primary sulfonamides is 1. The van der Waals surface area contributed by atoms with Crippen LogP contribution >= 0.6 is 0 Å². The summed E-state index contributed by atoms with van der Waals surface area (Å²) in [6, 6.07) is 7.25. The molecule has 2 aromatic heterocycles. The molecule has 4 rings (SSSR count). The number of benzene rings is 1. The molecule has 12 heteroatoms. The van der Waals surface area contributed by atoms with E-state index in [0.717, 1.165) is 5.56 Å². The summed E-state index contributed by atoms with van der Waals surface area (Å²) in [6.07, 6.45) is 11.7. The van der Waals surface area contributed by atoms with Gasteiger partial charge in [-0.1, -0.05) is 24.8 Å². The molecule has 0 amide bonds. The van der Waals surface area contributed by atoms with Crippen LogP contribution in [0.2, 0.25) is 0 Å². The van der Waals surface area contributed by atoms with Gasteiger partial charge in [-0.05, 0) is 55.7 Å². The van der Waals surface area contributed by atoms with Gasteiger partial charge in [-0.2, -0.15) is 0 Å². The summed E-state index contributed by atoms with van der Waals surface area (Å²) >= 11 is 0. The van der Waals surface area contributed by atoms with Crippen LogP contribution < -0.4 is 14.8 Å². The van der Waals surface area contributed by atoms with Gasteiger partial charge in [0.25, 0.3) is 10.0 Å². The Bertz CT molecular complexity index is 1590. The van der Waals surface area contributed by atoms with Gasteiger partial charge < -0.3 is 4.90 Å². The van der Waals surface area contributed by atoms with Crippen molar-refractivity contribution in [2.24, 2.45) is 5.14 Å². The fourth-order valence-corrected chi connectivity index (χ4v) is 5.96. The molecule has 0 atom stereocenters. The minimum atomic E-state index is -3.83. The Kier molecular flexibility index (Phi) is 7.71. The Labute approximate surface area is 216 Å². The Morgan fingerprint density at radius 3 is 2.51 bits per heavy atom. The van der Waals surface area contributed by atoms with Crippen LogP contribution in [0.5, 0.6) is 0 Å². The smallest absolute Gasteiger partial charge is 0.261 e. The molecule has 37 heavy (non-hydrogen) atoms. The van der Waals surface area contributed by atoms with E-state index in [2.05, 4.69) is 21.3 Å². The number of pyridine rings is 1. The summed E-state index contributed by atoms with van der Waals surface area (Å²) in [4.78, 5) is 15.5. The van der Waals surface area contributed by atoms with Crippen LogP contribution in [0.4, 0.5) is 11.5 Å². The SMILES string of the molecule is C=C/C(=C\C=C/C)S(=O)(=O)Nc1cncc(-c2ccc3ncc(N4CCC(S(N)(=O)=O)CC4)nc3c2)c1. The van der Waals surface area contributed by atoms with Crippen molar-refractivity contribution in [2.75, 3.05) is 22.7 Å². The number of piperidine rings is 1. The zero-order chi connectivity index (χ0) is 26.6. The van der Waals surface area contributed by atoms with Crippen molar-refractivity contribution in [3.05, 3.63) is 78.6 Å². The van der Waals surface area contributed by atoms with E-state index in [9.17, 15) is 16.8 Å². The second-order valence-corrected chi connectivity index (χ2v) is 12.1. The van der Waals surface area contributed by atoms with Gasteiger partial charge in [0.2, 0.25) is 10.0 Å². The first kappa shape index (κ1) is 26.5. The van der Waals surface area contributed by atoms with E-state index in [1.807, 2.05) is 23.1 Å². The van der Waals surface area contributed by atoms with Crippen molar-refractivity contribution in [3.63, 3.8) is 0 Å². The maximum atomic E-state index is 12.7. The van der Waals surface area contributed by atoms with E-state index < -0.39 is 25.3 Å².